The van der Waals surface area contributed by atoms with E-state index in [9.17, 15) is 22.8 Å². The molecule has 2 N–H and O–H groups in total. The predicted molar refractivity (Wildman–Crippen MR) is 114 cm³/mol. The van der Waals surface area contributed by atoms with Crippen molar-refractivity contribution in [2.24, 2.45) is 4.99 Å². The third-order valence-corrected chi connectivity index (χ3v) is 6.70. The van der Waals surface area contributed by atoms with Crippen LogP contribution in [0.15, 0.2) is 46.4 Å². The fourth-order valence-corrected chi connectivity index (χ4v) is 4.83. The van der Waals surface area contributed by atoms with Gasteiger partial charge in [0.25, 0.3) is 15.9 Å². The van der Waals surface area contributed by atoms with Gasteiger partial charge in [0.1, 0.15) is 17.6 Å². The van der Waals surface area contributed by atoms with Gasteiger partial charge in [-0.15, -0.1) is 0 Å². The second-order valence-corrected chi connectivity index (χ2v) is 9.24. The van der Waals surface area contributed by atoms with Crippen LogP contribution in [0.1, 0.15) is 46.2 Å². The van der Waals surface area contributed by atoms with E-state index in [0.29, 0.717) is 24.3 Å². The number of carbonyl (C=O) groups excluding carboxylic acids is 3. The Kier molecular flexibility index (Phi) is 5.83. The topological polar surface area (TPSA) is 138 Å². The Morgan fingerprint density at radius 3 is 2.66 bits per heavy atom. The minimum absolute atomic E-state index is 0.0482. The van der Waals surface area contributed by atoms with Crippen LogP contribution in [0.5, 0.6) is 0 Å². The summed E-state index contributed by atoms with van der Waals surface area (Å²) in [6.07, 6.45) is 3.33. The minimum atomic E-state index is -3.72. The molecule has 2 aromatic rings. The molecular formula is C21H22N4O6S. The molecule has 2 aliphatic rings. The third kappa shape index (κ3) is 4.28. The Morgan fingerprint density at radius 1 is 1.19 bits per heavy atom. The lowest BCUT2D eigenvalue weighted by molar-refractivity contribution is -0.143. The molecule has 0 saturated carbocycles. The van der Waals surface area contributed by atoms with E-state index in [0.717, 1.165) is 12.8 Å². The highest BCUT2D eigenvalue weighted by atomic mass is 32.2. The third-order valence-electron chi connectivity index (χ3n) is 5.30. The SMILES string of the molecule is C[C@H](N=C1NS(=O)(=O)c2ccccc21)C(=O)OCC(=O)c1c[nH]c(C(=O)N2CCCC2)c1. The van der Waals surface area contributed by atoms with Gasteiger partial charge in [-0.2, -0.15) is 0 Å². The summed E-state index contributed by atoms with van der Waals surface area (Å²) in [5, 5.41) is 0. The number of sulfonamides is 1. The molecule has 0 spiro atoms. The molecule has 0 unspecified atom stereocenters. The summed E-state index contributed by atoms with van der Waals surface area (Å²) in [5.74, 6) is -1.37. The standard InChI is InChI=1S/C21H22N4O6S/c1-13(23-19-15-6-2-3-7-18(15)32(29,30)24-19)21(28)31-12-17(26)14-10-16(22-11-14)20(27)25-8-4-5-9-25/h2-3,6-7,10-11,13,22H,4-5,8-9,12H2,1H3,(H,23,24)/t13-/m0/s1. The summed E-state index contributed by atoms with van der Waals surface area (Å²) in [7, 11) is -3.72. The van der Waals surface area contributed by atoms with Crippen molar-refractivity contribution in [3.8, 4) is 0 Å². The van der Waals surface area contributed by atoms with Gasteiger partial charge in [-0.05, 0) is 38.0 Å². The second-order valence-electron chi connectivity index (χ2n) is 7.59. The van der Waals surface area contributed by atoms with E-state index in [2.05, 4.69) is 14.7 Å². The fourth-order valence-electron chi connectivity index (χ4n) is 3.59. The average Bonchev–Trinajstić information content (AvgIpc) is 3.52. The molecule has 3 heterocycles. The quantitative estimate of drug-likeness (QED) is 0.491. The maximum atomic E-state index is 12.4. The Hall–Kier alpha value is -3.47. The van der Waals surface area contributed by atoms with Crippen molar-refractivity contribution in [2.45, 2.75) is 30.7 Å². The Morgan fingerprint density at radius 2 is 1.91 bits per heavy atom. The lowest BCUT2D eigenvalue weighted by atomic mass is 10.2. The van der Waals surface area contributed by atoms with Crippen molar-refractivity contribution in [2.75, 3.05) is 19.7 Å². The van der Waals surface area contributed by atoms with Crippen LogP contribution in [0.2, 0.25) is 0 Å². The molecule has 1 amide bonds. The number of nitrogens with one attached hydrogen (secondary N) is 2. The fraction of sp³-hybridized carbons (Fsp3) is 0.333. The molecule has 1 atom stereocenters. The summed E-state index contributed by atoms with van der Waals surface area (Å²) in [5.41, 5.74) is 0.913. The maximum Gasteiger partial charge on any atom is 0.331 e. The van der Waals surface area contributed by atoms with Crippen LogP contribution < -0.4 is 4.72 Å². The molecular weight excluding hydrogens is 436 g/mol. The number of ether oxygens (including phenoxy) is 1. The number of aromatic amines is 1. The summed E-state index contributed by atoms with van der Waals surface area (Å²) in [4.78, 5) is 45.8. The van der Waals surface area contributed by atoms with Crippen molar-refractivity contribution in [3.63, 3.8) is 0 Å². The number of likely N-dealkylation sites (tertiary alicyclic amines) is 1. The number of amidine groups is 1. The van der Waals surface area contributed by atoms with Crippen molar-refractivity contribution in [1.82, 2.24) is 14.6 Å². The average molecular weight is 458 g/mol. The first-order valence-electron chi connectivity index (χ1n) is 10.1. The monoisotopic (exact) mass is 458 g/mol. The van der Waals surface area contributed by atoms with Gasteiger partial charge >= 0.3 is 5.97 Å². The molecule has 1 saturated heterocycles. The number of carbonyl (C=O) groups is 3. The molecule has 0 bridgehead atoms. The molecule has 168 valence electrons. The summed E-state index contributed by atoms with van der Waals surface area (Å²) >= 11 is 0. The molecule has 11 heteroatoms. The second kappa shape index (κ2) is 8.58. The van der Waals surface area contributed by atoms with E-state index in [4.69, 9.17) is 4.74 Å². The first kappa shape index (κ1) is 21.8. The van der Waals surface area contributed by atoms with Crippen LogP contribution >= 0.6 is 0 Å². The lowest BCUT2D eigenvalue weighted by Gasteiger charge is -2.13. The van der Waals surface area contributed by atoms with Gasteiger partial charge in [0.2, 0.25) is 5.78 Å². The number of Topliss-reactive ketones (excluding diaryl/α,β-unsaturated/α-hetero) is 1. The van der Waals surface area contributed by atoms with Crippen LogP contribution in [-0.2, 0) is 19.6 Å². The minimum Gasteiger partial charge on any atom is -0.456 e. The number of aliphatic imine (C=N–C) groups is 1. The van der Waals surface area contributed by atoms with Crippen molar-refractivity contribution < 1.29 is 27.5 Å². The van der Waals surface area contributed by atoms with Crippen molar-refractivity contribution in [3.05, 3.63) is 53.3 Å². The van der Waals surface area contributed by atoms with E-state index >= 15 is 0 Å². The van der Waals surface area contributed by atoms with Gasteiger partial charge in [-0.25, -0.2) is 13.2 Å². The van der Waals surface area contributed by atoms with Crippen molar-refractivity contribution >= 4 is 33.5 Å². The lowest BCUT2D eigenvalue weighted by Crippen LogP contribution is -2.28. The zero-order chi connectivity index (χ0) is 22.9. The van der Waals surface area contributed by atoms with E-state index in [1.165, 1.54) is 25.3 Å². The number of H-pyrrole nitrogens is 1. The van der Waals surface area contributed by atoms with Crippen LogP contribution in [0, 0.1) is 0 Å². The largest absolute Gasteiger partial charge is 0.456 e. The number of esters is 1. The molecule has 32 heavy (non-hydrogen) atoms. The summed E-state index contributed by atoms with van der Waals surface area (Å²) in [6, 6.07) is 6.70. The first-order valence-corrected chi connectivity index (χ1v) is 11.6. The summed E-state index contributed by atoms with van der Waals surface area (Å²) in [6.45, 7) is 2.31. The highest BCUT2D eigenvalue weighted by molar-refractivity contribution is 7.90. The van der Waals surface area contributed by atoms with E-state index in [-0.39, 0.29) is 22.2 Å². The number of benzene rings is 1. The van der Waals surface area contributed by atoms with Crippen LogP contribution in [0.4, 0.5) is 0 Å². The van der Waals surface area contributed by atoms with Gasteiger partial charge in [0.15, 0.2) is 6.61 Å². The molecule has 1 aromatic heterocycles. The van der Waals surface area contributed by atoms with Crippen LogP contribution in [0.25, 0.3) is 0 Å². The smallest absolute Gasteiger partial charge is 0.331 e. The number of fused-ring (bicyclic) bond motifs is 1. The van der Waals surface area contributed by atoms with E-state index < -0.39 is 34.4 Å². The first-order chi connectivity index (χ1) is 15.3. The van der Waals surface area contributed by atoms with E-state index in [1.54, 1.807) is 23.1 Å². The highest BCUT2D eigenvalue weighted by Crippen LogP contribution is 2.22. The number of hydrogen-bond acceptors (Lipinski definition) is 7. The van der Waals surface area contributed by atoms with Gasteiger partial charge in [0, 0.05) is 30.4 Å². The number of rotatable bonds is 6. The number of amides is 1. The zero-order valence-corrected chi connectivity index (χ0v) is 18.1. The Labute approximate surface area is 184 Å². The zero-order valence-electron chi connectivity index (χ0n) is 17.3. The molecule has 1 fully saturated rings. The maximum absolute atomic E-state index is 12.4. The molecule has 2 aliphatic heterocycles. The van der Waals surface area contributed by atoms with Gasteiger partial charge in [0.05, 0.1) is 4.90 Å². The predicted octanol–water partition coefficient (Wildman–Crippen LogP) is 1.10. The van der Waals surface area contributed by atoms with Crippen LogP contribution in [0.3, 0.4) is 0 Å². The summed E-state index contributed by atoms with van der Waals surface area (Å²) < 4.78 is 31.6. The molecule has 0 radical (unpaired) electrons. The number of hydrogen-bond donors (Lipinski definition) is 2. The molecule has 4 rings (SSSR count). The number of nitrogens with zero attached hydrogens (tertiary/aromatic N) is 2. The molecule has 10 nitrogen and oxygen atoms in total. The highest BCUT2D eigenvalue weighted by Gasteiger charge is 2.31. The van der Waals surface area contributed by atoms with Crippen molar-refractivity contribution in [1.29, 1.82) is 0 Å². The Bertz CT molecular complexity index is 1210. The normalized spacial score (nSPS) is 18.8. The molecule has 0 aliphatic carbocycles. The molecule has 1 aromatic carbocycles. The van der Waals surface area contributed by atoms with E-state index in [1.807, 2.05) is 0 Å². The number of aromatic nitrogens is 1. The van der Waals surface area contributed by atoms with Crippen LogP contribution in [-0.4, -0.2) is 67.5 Å². The van der Waals surface area contributed by atoms with Gasteiger partial charge in [-0.1, -0.05) is 12.1 Å². The number of ketones is 1. The Balaban J connectivity index is 1.36. The van der Waals surface area contributed by atoms with Gasteiger partial charge in [-0.3, -0.25) is 19.3 Å². The van der Waals surface area contributed by atoms with Gasteiger partial charge < -0.3 is 14.6 Å².